The van der Waals surface area contributed by atoms with Crippen LogP contribution in [0, 0.1) is 5.92 Å². The SMILES string of the molecule is CCC1CC(CNC(C)C)(c2ccc(Cl)c(Cl)c2)C1. The van der Waals surface area contributed by atoms with Crippen molar-refractivity contribution in [2.75, 3.05) is 6.54 Å². The molecule has 1 saturated carbocycles. The molecule has 0 amide bonds. The summed E-state index contributed by atoms with van der Waals surface area (Å²) in [5, 5.41) is 4.90. The zero-order valence-corrected chi connectivity index (χ0v) is 13.5. The van der Waals surface area contributed by atoms with Gasteiger partial charge in [-0.05, 0) is 36.5 Å². The van der Waals surface area contributed by atoms with Gasteiger partial charge in [-0.2, -0.15) is 0 Å². The zero-order valence-electron chi connectivity index (χ0n) is 12.0. The topological polar surface area (TPSA) is 12.0 Å². The summed E-state index contributed by atoms with van der Waals surface area (Å²) in [6.07, 6.45) is 3.77. The van der Waals surface area contributed by atoms with Crippen LogP contribution in [0.1, 0.15) is 45.6 Å². The van der Waals surface area contributed by atoms with E-state index in [9.17, 15) is 0 Å². The number of halogens is 2. The molecule has 1 N–H and O–H groups in total. The Labute approximate surface area is 126 Å². The maximum Gasteiger partial charge on any atom is 0.0595 e. The van der Waals surface area contributed by atoms with E-state index in [0.717, 1.165) is 12.5 Å². The fourth-order valence-electron chi connectivity index (χ4n) is 3.04. The van der Waals surface area contributed by atoms with Gasteiger partial charge in [0.05, 0.1) is 10.0 Å². The van der Waals surface area contributed by atoms with Crippen molar-refractivity contribution >= 4 is 23.2 Å². The molecular weight excluding hydrogens is 277 g/mol. The number of benzene rings is 1. The Morgan fingerprint density at radius 1 is 1.26 bits per heavy atom. The van der Waals surface area contributed by atoms with Crippen LogP contribution >= 0.6 is 23.2 Å². The highest BCUT2D eigenvalue weighted by atomic mass is 35.5. The van der Waals surface area contributed by atoms with Gasteiger partial charge in [-0.3, -0.25) is 0 Å². The average Bonchev–Trinajstić information content (AvgIpc) is 2.32. The summed E-state index contributed by atoms with van der Waals surface area (Å²) in [6.45, 7) is 7.69. The van der Waals surface area contributed by atoms with Crippen molar-refractivity contribution in [3.63, 3.8) is 0 Å². The lowest BCUT2D eigenvalue weighted by Crippen LogP contribution is -2.49. The van der Waals surface area contributed by atoms with Gasteiger partial charge in [-0.1, -0.05) is 56.5 Å². The highest BCUT2D eigenvalue weighted by Crippen LogP contribution is 2.49. The third-order valence-electron chi connectivity index (χ3n) is 4.32. The van der Waals surface area contributed by atoms with E-state index in [1.165, 1.54) is 24.8 Å². The largest absolute Gasteiger partial charge is 0.314 e. The summed E-state index contributed by atoms with van der Waals surface area (Å²) in [5.74, 6) is 0.850. The van der Waals surface area contributed by atoms with Gasteiger partial charge in [0, 0.05) is 18.0 Å². The molecule has 1 fully saturated rings. The lowest BCUT2D eigenvalue weighted by Gasteiger charge is -2.49. The molecule has 0 aromatic heterocycles. The van der Waals surface area contributed by atoms with Crippen LogP contribution in [0.5, 0.6) is 0 Å². The van der Waals surface area contributed by atoms with E-state index in [1.54, 1.807) is 0 Å². The van der Waals surface area contributed by atoms with E-state index in [1.807, 2.05) is 6.07 Å². The Morgan fingerprint density at radius 3 is 2.47 bits per heavy atom. The molecule has 0 atom stereocenters. The molecule has 0 unspecified atom stereocenters. The monoisotopic (exact) mass is 299 g/mol. The molecule has 0 heterocycles. The van der Waals surface area contributed by atoms with Gasteiger partial charge in [0.2, 0.25) is 0 Å². The minimum absolute atomic E-state index is 0.249. The van der Waals surface area contributed by atoms with Crippen LogP contribution in [-0.4, -0.2) is 12.6 Å². The summed E-state index contributed by atoms with van der Waals surface area (Å²) < 4.78 is 0. The molecule has 19 heavy (non-hydrogen) atoms. The molecule has 1 aromatic carbocycles. The number of hydrogen-bond acceptors (Lipinski definition) is 1. The summed E-state index contributed by atoms with van der Waals surface area (Å²) in [6, 6.07) is 6.63. The first-order valence-corrected chi connectivity index (χ1v) is 7.91. The van der Waals surface area contributed by atoms with Gasteiger partial charge >= 0.3 is 0 Å². The number of hydrogen-bond donors (Lipinski definition) is 1. The standard InChI is InChI=1S/C16H23Cl2N/c1-4-12-8-16(9-12,10-19-11(2)3)13-5-6-14(17)15(18)7-13/h5-7,11-12,19H,4,8-10H2,1-3H3. The van der Waals surface area contributed by atoms with E-state index in [2.05, 4.69) is 38.2 Å². The van der Waals surface area contributed by atoms with Crippen molar-refractivity contribution in [3.8, 4) is 0 Å². The molecule has 0 bridgehead atoms. The van der Waals surface area contributed by atoms with Crippen molar-refractivity contribution in [3.05, 3.63) is 33.8 Å². The Kier molecular flexibility index (Phi) is 4.81. The summed E-state index contributed by atoms with van der Waals surface area (Å²) >= 11 is 12.2. The van der Waals surface area contributed by atoms with Crippen molar-refractivity contribution < 1.29 is 0 Å². The summed E-state index contributed by atoms with van der Waals surface area (Å²) in [4.78, 5) is 0. The second kappa shape index (κ2) is 6.03. The van der Waals surface area contributed by atoms with E-state index in [-0.39, 0.29) is 5.41 Å². The van der Waals surface area contributed by atoms with Gasteiger partial charge in [0.15, 0.2) is 0 Å². The average molecular weight is 300 g/mol. The fourth-order valence-corrected chi connectivity index (χ4v) is 3.34. The Bertz CT molecular complexity index is 436. The first kappa shape index (κ1) is 15.2. The van der Waals surface area contributed by atoms with Crippen LogP contribution in [-0.2, 0) is 5.41 Å². The third-order valence-corrected chi connectivity index (χ3v) is 5.06. The predicted octanol–water partition coefficient (Wildman–Crippen LogP) is 5.05. The fraction of sp³-hybridized carbons (Fsp3) is 0.625. The van der Waals surface area contributed by atoms with Crippen LogP contribution in [0.3, 0.4) is 0 Å². The first-order chi connectivity index (χ1) is 8.97. The second-order valence-electron chi connectivity index (χ2n) is 6.13. The molecule has 1 aliphatic carbocycles. The molecule has 106 valence electrons. The normalized spacial score (nSPS) is 26.5. The second-order valence-corrected chi connectivity index (χ2v) is 6.94. The molecule has 0 saturated heterocycles. The van der Waals surface area contributed by atoms with Crippen molar-refractivity contribution in [1.82, 2.24) is 5.32 Å². The Balaban J connectivity index is 2.20. The maximum absolute atomic E-state index is 6.18. The zero-order chi connectivity index (χ0) is 14.0. The lowest BCUT2D eigenvalue weighted by atomic mass is 9.58. The van der Waals surface area contributed by atoms with E-state index in [4.69, 9.17) is 23.2 Å². The Hall–Kier alpha value is -0.240. The quantitative estimate of drug-likeness (QED) is 0.802. The highest BCUT2D eigenvalue weighted by Gasteiger charge is 2.44. The summed E-state index contributed by atoms with van der Waals surface area (Å²) in [7, 11) is 0. The molecule has 0 radical (unpaired) electrons. The van der Waals surface area contributed by atoms with Crippen LogP contribution < -0.4 is 5.32 Å². The van der Waals surface area contributed by atoms with Crippen molar-refractivity contribution in [2.24, 2.45) is 5.92 Å². The molecule has 1 nitrogen and oxygen atoms in total. The van der Waals surface area contributed by atoms with Gasteiger partial charge in [0.1, 0.15) is 0 Å². The first-order valence-electron chi connectivity index (χ1n) is 7.16. The minimum Gasteiger partial charge on any atom is -0.314 e. The minimum atomic E-state index is 0.249. The van der Waals surface area contributed by atoms with Gasteiger partial charge in [-0.25, -0.2) is 0 Å². The van der Waals surface area contributed by atoms with Crippen LogP contribution in [0.4, 0.5) is 0 Å². The highest BCUT2D eigenvalue weighted by molar-refractivity contribution is 6.42. The van der Waals surface area contributed by atoms with E-state index in [0.29, 0.717) is 16.1 Å². The molecule has 1 aromatic rings. The lowest BCUT2D eigenvalue weighted by molar-refractivity contribution is 0.131. The molecule has 0 spiro atoms. The van der Waals surface area contributed by atoms with Crippen molar-refractivity contribution in [2.45, 2.75) is 51.5 Å². The Morgan fingerprint density at radius 2 is 1.95 bits per heavy atom. The predicted molar refractivity (Wildman–Crippen MR) is 84.3 cm³/mol. The maximum atomic E-state index is 6.18. The number of nitrogens with one attached hydrogen (secondary N) is 1. The molecule has 1 aliphatic rings. The molecular formula is C16H23Cl2N. The smallest absolute Gasteiger partial charge is 0.0595 e. The summed E-state index contributed by atoms with van der Waals surface area (Å²) in [5.41, 5.74) is 1.58. The van der Waals surface area contributed by atoms with Gasteiger partial charge in [0.25, 0.3) is 0 Å². The van der Waals surface area contributed by atoms with E-state index >= 15 is 0 Å². The van der Waals surface area contributed by atoms with Crippen molar-refractivity contribution in [1.29, 1.82) is 0 Å². The van der Waals surface area contributed by atoms with E-state index < -0.39 is 0 Å². The number of rotatable bonds is 5. The molecule has 0 aliphatic heterocycles. The third kappa shape index (κ3) is 3.26. The molecule has 2 rings (SSSR count). The van der Waals surface area contributed by atoms with Crippen LogP contribution in [0.2, 0.25) is 10.0 Å². The van der Waals surface area contributed by atoms with Gasteiger partial charge in [-0.15, -0.1) is 0 Å². The van der Waals surface area contributed by atoms with Crippen LogP contribution in [0.15, 0.2) is 18.2 Å². The van der Waals surface area contributed by atoms with Gasteiger partial charge < -0.3 is 5.32 Å². The van der Waals surface area contributed by atoms with Crippen LogP contribution in [0.25, 0.3) is 0 Å². The molecule has 3 heteroatoms.